The molecular weight excluding hydrogens is 233 g/mol. The number of hydrogen-bond acceptors (Lipinski definition) is 3. The molecule has 2 aliphatic heterocycles. The highest BCUT2D eigenvalue weighted by Crippen LogP contribution is 2.34. The number of alkyl halides is 3. The van der Waals surface area contributed by atoms with Crippen molar-refractivity contribution in [1.29, 1.82) is 0 Å². The molecule has 1 N–H and O–H groups in total. The second-order valence-electron chi connectivity index (χ2n) is 4.85. The summed E-state index contributed by atoms with van der Waals surface area (Å²) in [5, 5.41) is 3.35. The molecule has 17 heavy (non-hydrogen) atoms. The van der Waals surface area contributed by atoms with E-state index < -0.39 is 6.36 Å². The highest BCUT2D eigenvalue weighted by Gasteiger charge is 2.43. The lowest BCUT2D eigenvalue weighted by Crippen LogP contribution is -2.37. The lowest BCUT2D eigenvalue weighted by Gasteiger charge is -2.26. The van der Waals surface area contributed by atoms with Crippen LogP contribution in [0.15, 0.2) is 0 Å². The predicted molar refractivity (Wildman–Crippen MR) is 57.5 cm³/mol. The quantitative estimate of drug-likeness (QED) is 0.819. The Labute approximate surface area is 99.3 Å². The van der Waals surface area contributed by atoms with Gasteiger partial charge in [-0.3, -0.25) is 9.64 Å². The summed E-state index contributed by atoms with van der Waals surface area (Å²) < 4.78 is 39.5. The average Bonchev–Trinajstić information content (AvgIpc) is 2.75. The van der Waals surface area contributed by atoms with E-state index in [4.69, 9.17) is 0 Å². The molecule has 2 fully saturated rings. The zero-order chi connectivity index (χ0) is 12.5. The molecule has 3 unspecified atom stereocenters. The summed E-state index contributed by atoms with van der Waals surface area (Å²) in [6, 6.07) is 0.409. The minimum Gasteiger partial charge on any atom is -0.316 e. The van der Waals surface area contributed by atoms with Crippen LogP contribution in [-0.2, 0) is 4.74 Å². The van der Waals surface area contributed by atoms with Crippen molar-refractivity contribution in [1.82, 2.24) is 10.2 Å². The Morgan fingerprint density at radius 2 is 2.12 bits per heavy atom. The summed E-state index contributed by atoms with van der Waals surface area (Å²) in [6.45, 7) is 5.12. The molecule has 0 spiro atoms. The fraction of sp³-hybridized carbons (Fsp3) is 1.00. The Morgan fingerprint density at radius 1 is 1.35 bits per heavy atom. The van der Waals surface area contributed by atoms with E-state index in [1.54, 1.807) is 0 Å². The van der Waals surface area contributed by atoms with E-state index in [0.29, 0.717) is 24.4 Å². The molecular formula is C11H19F3N2O. The Bertz CT molecular complexity index is 260. The van der Waals surface area contributed by atoms with E-state index in [1.807, 2.05) is 0 Å². The third-order valence-electron chi connectivity index (χ3n) is 3.89. The summed E-state index contributed by atoms with van der Waals surface area (Å²) in [5.41, 5.74) is 0. The van der Waals surface area contributed by atoms with E-state index in [-0.39, 0.29) is 6.61 Å². The first kappa shape index (κ1) is 13.1. The predicted octanol–water partition coefficient (Wildman–Crippen LogP) is 1.45. The Morgan fingerprint density at radius 3 is 2.76 bits per heavy atom. The zero-order valence-electron chi connectivity index (χ0n) is 9.96. The van der Waals surface area contributed by atoms with Gasteiger partial charge in [0.05, 0.1) is 6.61 Å². The summed E-state index contributed by atoms with van der Waals surface area (Å²) >= 11 is 0. The van der Waals surface area contributed by atoms with Crippen LogP contribution in [0.5, 0.6) is 0 Å². The van der Waals surface area contributed by atoms with Crippen molar-refractivity contribution in [2.24, 2.45) is 11.8 Å². The molecule has 3 nitrogen and oxygen atoms in total. The van der Waals surface area contributed by atoms with E-state index >= 15 is 0 Å². The monoisotopic (exact) mass is 252 g/mol. The molecule has 2 saturated heterocycles. The van der Waals surface area contributed by atoms with Crippen molar-refractivity contribution in [3.05, 3.63) is 0 Å². The Balaban J connectivity index is 1.81. The van der Waals surface area contributed by atoms with Gasteiger partial charge in [-0.05, 0) is 31.3 Å². The number of likely N-dealkylation sites (tertiary alicyclic amines) is 1. The van der Waals surface area contributed by atoms with Gasteiger partial charge in [-0.2, -0.15) is 0 Å². The molecule has 100 valence electrons. The third kappa shape index (κ3) is 3.11. The maximum Gasteiger partial charge on any atom is 0.522 e. The van der Waals surface area contributed by atoms with Crippen LogP contribution in [0.2, 0.25) is 0 Å². The first-order valence-electron chi connectivity index (χ1n) is 6.16. The number of rotatable bonds is 4. The first-order valence-corrected chi connectivity index (χ1v) is 6.16. The number of hydrogen-bond donors (Lipinski definition) is 1. The maximum atomic E-state index is 11.9. The van der Waals surface area contributed by atoms with Crippen LogP contribution < -0.4 is 5.32 Å². The fourth-order valence-corrected chi connectivity index (χ4v) is 3.21. The van der Waals surface area contributed by atoms with Crippen molar-refractivity contribution >= 4 is 0 Å². The van der Waals surface area contributed by atoms with E-state index in [0.717, 1.165) is 26.1 Å². The van der Waals surface area contributed by atoms with Crippen LogP contribution in [0.1, 0.15) is 13.3 Å². The molecule has 0 aromatic heterocycles. The van der Waals surface area contributed by atoms with Gasteiger partial charge >= 0.3 is 6.36 Å². The van der Waals surface area contributed by atoms with E-state index in [1.165, 1.54) is 0 Å². The van der Waals surface area contributed by atoms with Crippen molar-refractivity contribution < 1.29 is 17.9 Å². The molecule has 6 heteroatoms. The van der Waals surface area contributed by atoms with Crippen molar-refractivity contribution in [3.63, 3.8) is 0 Å². The number of nitrogens with zero attached hydrogens (tertiary/aromatic N) is 1. The van der Waals surface area contributed by atoms with Crippen LogP contribution >= 0.6 is 0 Å². The van der Waals surface area contributed by atoms with Crippen LogP contribution in [-0.4, -0.2) is 50.1 Å². The van der Waals surface area contributed by atoms with Crippen molar-refractivity contribution in [3.8, 4) is 0 Å². The highest BCUT2D eigenvalue weighted by molar-refractivity contribution is 4.97. The molecule has 3 atom stereocenters. The smallest absolute Gasteiger partial charge is 0.316 e. The van der Waals surface area contributed by atoms with E-state index in [9.17, 15) is 13.2 Å². The normalized spacial score (nSPS) is 34.2. The third-order valence-corrected chi connectivity index (χ3v) is 3.89. The van der Waals surface area contributed by atoms with Gasteiger partial charge in [0, 0.05) is 19.1 Å². The summed E-state index contributed by atoms with van der Waals surface area (Å²) in [6.07, 6.45) is -3.51. The number of ether oxygens (including phenoxy) is 1. The van der Waals surface area contributed by atoms with Crippen LogP contribution in [0, 0.1) is 11.8 Å². The molecule has 0 radical (unpaired) electrons. The fourth-order valence-electron chi connectivity index (χ4n) is 3.21. The zero-order valence-corrected chi connectivity index (χ0v) is 9.96. The molecule has 0 aromatic rings. The van der Waals surface area contributed by atoms with Gasteiger partial charge in [0.1, 0.15) is 0 Å². The summed E-state index contributed by atoms with van der Waals surface area (Å²) in [7, 11) is 0. The molecule has 2 aliphatic rings. The largest absolute Gasteiger partial charge is 0.522 e. The summed E-state index contributed by atoms with van der Waals surface area (Å²) in [4.78, 5) is 2.15. The minimum atomic E-state index is -4.50. The topological polar surface area (TPSA) is 24.5 Å². The molecule has 0 bridgehead atoms. The molecule has 0 amide bonds. The molecule has 0 aromatic carbocycles. The minimum absolute atomic E-state index is 0.257. The molecule has 0 saturated carbocycles. The number of fused-ring (bicyclic) bond motifs is 1. The molecule has 2 heterocycles. The average molecular weight is 252 g/mol. The van der Waals surface area contributed by atoms with Gasteiger partial charge in [0.15, 0.2) is 0 Å². The standard InChI is InChI=1S/C11H19F3N2O/c1-2-10-9-6-15-5-8(9)7-16(10)3-4-17-11(12,13)14/h8-10,15H,2-7H2,1H3. The van der Waals surface area contributed by atoms with Crippen LogP contribution in [0.3, 0.4) is 0 Å². The van der Waals surface area contributed by atoms with Gasteiger partial charge in [-0.25, -0.2) is 0 Å². The van der Waals surface area contributed by atoms with Crippen LogP contribution in [0.25, 0.3) is 0 Å². The van der Waals surface area contributed by atoms with Crippen molar-refractivity contribution in [2.75, 3.05) is 32.8 Å². The number of nitrogens with one attached hydrogen (secondary N) is 1. The van der Waals surface area contributed by atoms with Crippen LogP contribution in [0.4, 0.5) is 13.2 Å². The Hall–Kier alpha value is -0.330. The van der Waals surface area contributed by atoms with Gasteiger partial charge < -0.3 is 5.32 Å². The number of halogens is 3. The van der Waals surface area contributed by atoms with Gasteiger partial charge in [0.2, 0.25) is 0 Å². The first-order chi connectivity index (χ1) is 8.01. The molecule has 2 rings (SSSR count). The second-order valence-corrected chi connectivity index (χ2v) is 4.85. The van der Waals surface area contributed by atoms with E-state index in [2.05, 4.69) is 21.9 Å². The lowest BCUT2D eigenvalue weighted by atomic mass is 9.93. The van der Waals surface area contributed by atoms with Gasteiger partial charge in [-0.15, -0.1) is 13.2 Å². The lowest BCUT2D eigenvalue weighted by molar-refractivity contribution is -0.325. The highest BCUT2D eigenvalue weighted by atomic mass is 19.4. The Kier molecular flexibility index (Phi) is 3.95. The molecule has 0 aliphatic carbocycles. The van der Waals surface area contributed by atoms with Gasteiger partial charge in [-0.1, -0.05) is 6.92 Å². The summed E-state index contributed by atoms with van der Waals surface area (Å²) in [5.74, 6) is 1.21. The van der Waals surface area contributed by atoms with Gasteiger partial charge in [0.25, 0.3) is 0 Å². The SMILES string of the molecule is CCC1C2CNCC2CN1CCOC(F)(F)F. The maximum absolute atomic E-state index is 11.9. The second kappa shape index (κ2) is 5.12. The van der Waals surface area contributed by atoms with Crippen molar-refractivity contribution in [2.45, 2.75) is 25.7 Å².